The maximum absolute atomic E-state index is 12.9. The van der Waals surface area contributed by atoms with Crippen LogP contribution in [0.5, 0.6) is 5.75 Å². The van der Waals surface area contributed by atoms with Gasteiger partial charge in [0.2, 0.25) is 0 Å². The molecule has 0 aromatic heterocycles. The van der Waals surface area contributed by atoms with Crippen molar-refractivity contribution in [2.45, 2.75) is 6.61 Å². The highest BCUT2D eigenvalue weighted by atomic mass is 19.1. The Hall–Kier alpha value is -3.38. The monoisotopic (exact) mass is 330 g/mol. The first kappa shape index (κ1) is 16.5. The molecule has 0 heterocycles. The summed E-state index contributed by atoms with van der Waals surface area (Å²) in [5.74, 6) is 6.59. The van der Waals surface area contributed by atoms with Crippen molar-refractivity contribution in [1.82, 2.24) is 0 Å². The molecule has 3 rings (SSSR count). The first-order valence-corrected chi connectivity index (χ1v) is 7.77. The second kappa shape index (κ2) is 7.94. The second-order valence-electron chi connectivity index (χ2n) is 5.43. The average Bonchev–Trinajstić information content (AvgIpc) is 2.67. The van der Waals surface area contributed by atoms with Crippen LogP contribution in [0.1, 0.15) is 27.0 Å². The molecule has 0 atom stereocenters. The van der Waals surface area contributed by atoms with E-state index in [1.54, 1.807) is 24.3 Å². The highest BCUT2D eigenvalue weighted by Crippen LogP contribution is 2.14. The fraction of sp³-hybridized carbons (Fsp3) is 0.0455. The molecule has 0 aliphatic rings. The molecule has 122 valence electrons. The first-order chi connectivity index (χ1) is 12.2. The van der Waals surface area contributed by atoms with E-state index in [-0.39, 0.29) is 5.82 Å². The Bertz CT molecular complexity index is 899. The summed E-state index contributed by atoms with van der Waals surface area (Å²) >= 11 is 0. The van der Waals surface area contributed by atoms with Crippen LogP contribution in [-0.2, 0) is 6.61 Å². The predicted octanol–water partition coefficient (Wildman–Crippen LogP) is 4.62. The molecular formula is C22H15FO2. The minimum absolute atomic E-state index is 0.257. The van der Waals surface area contributed by atoms with Crippen LogP contribution in [0.15, 0.2) is 72.8 Å². The molecule has 3 heteroatoms. The molecule has 0 unspecified atom stereocenters. The molecule has 3 aromatic carbocycles. The van der Waals surface area contributed by atoms with Crippen molar-refractivity contribution in [3.63, 3.8) is 0 Å². The van der Waals surface area contributed by atoms with Gasteiger partial charge in [0.25, 0.3) is 0 Å². The van der Waals surface area contributed by atoms with Gasteiger partial charge in [-0.15, -0.1) is 0 Å². The Kier molecular flexibility index (Phi) is 5.23. The molecule has 3 aromatic rings. The van der Waals surface area contributed by atoms with E-state index < -0.39 is 0 Å². The van der Waals surface area contributed by atoms with Crippen LogP contribution in [0.25, 0.3) is 0 Å². The smallest absolute Gasteiger partial charge is 0.150 e. The molecule has 0 aliphatic heterocycles. The number of carbonyl (C=O) groups is 1. The lowest BCUT2D eigenvalue weighted by Gasteiger charge is -2.06. The molecule has 2 nitrogen and oxygen atoms in total. The number of hydrogen-bond acceptors (Lipinski definition) is 2. The van der Waals surface area contributed by atoms with Crippen molar-refractivity contribution >= 4 is 6.29 Å². The minimum atomic E-state index is -0.257. The van der Waals surface area contributed by atoms with Crippen LogP contribution in [0.2, 0.25) is 0 Å². The fourth-order valence-corrected chi connectivity index (χ4v) is 2.17. The van der Waals surface area contributed by atoms with Crippen molar-refractivity contribution in [2.75, 3.05) is 0 Å². The highest BCUT2D eigenvalue weighted by molar-refractivity contribution is 5.74. The summed E-state index contributed by atoms with van der Waals surface area (Å²) in [6.07, 6.45) is 0.807. The SMILES string of the molecule is O=Cc1ccc(C#Cc2ccc(OCc3ccc(F)cc3)cc2)cc1. The van der Waals surface area contributed by atoms with Crippen molar-refractivity contribution in [1.29, 1.82) is 0 Å². The Labute approximate surface area is 145 Å². The van der Waals surface area contributed by atoms with Gasteiger partial charge in [-0.05, 0) is 54.1 Å². The van der Waals surface area contributed by atoms with Crippen molar-refractivity contribution in [3.05, 3.63) is 101 Å². The molecule has 0 radical (unpaired) electrons. The van der Waals surface area contributed by atoms with Crippen LogP contribution >= 0.6 is 0 Å². The summed E-state index contributed by atoms with van der Waals surface area (Å²) < 4.78 is 18.5. The van der Waals surface area contributed by atoms with E-state index >= 15 is 0 Å². The molecule has 0 saturated heterocycles. The summed E-state index contributed by atoms with van der Waals surface area (Å²) in [4.78, 5) is 10.6. The van der Waals surface area contributed by atoms with Gasteiger partial charge < -0.3 is 4.74 Å². The first-order valence-electron chi connectivity index (χ1n) is 7.77. The van der Waals surface area contributed by atoms with Gasteiger partial charge in [0.05, 0.1) is 0 Å². The average molecular weight is 330 g/mol. The minimum Gasteiger partial charge on any atom is -0.489 e. The van der Waals surface area contributed by atoms with Crippen LogP contribution in [0, 0.1) is 17.7 Å². The Balaban J connectivity index is 1.61. The fourth-order valence-electron chi connectivity index (χ4n) is 2.17. The molecule has 25 heavy (non-hydrogen) atoms. The van der Waals surface area contributed by atoms with Crippen molar-refractivity contribution < 1.29 is 13.9 Å². The van der Waals surface area contributed by atoms with Gasteiger partial charge in [0.1, 0.15) is 24.5 Å². The number of halogens is 1. The zero-order valence-corrected chi connectivity index (χ0v) is 13.4. The maximum Gasteiger partial charge on any atom is 0.150 e. The molecule has 0 saturated carbocycles. The van der Waals surface area contributed by atoms with Crippen molar-refractivity contribution in [2.24, 2.45) is 0 Å². The van der Waals surface area contributed by atoms with E-state index in [4.69, 9.17) is 4.74 Å². The Morgan fingerprint density at radius 3 is 1.92 bits per heavy atom. The Morgan fingerprint density at radius 1 is 0.800 bits per heavy atom. The van der Waals surface area contributed by atoms with Gasteiger partial charge in [-0.3, -0.25) is 4.79 Å². The number of aldehydes is 1. The zero-order valence-electron chi connectivity index (χ0n) is 13.4. The van der Waals surface area contributed by atoms with Crippen LogP contribution < -0.4 is 4.74 Å². The van der Waals surface area contributed by atoms with Gasteiger partial charge in [-0.1, -0.05) is 36.1 Å². The number of benzene rings is 3. The molecule has 0 aliphatic carbocycles. The van der Waals surface area contributed by atoms with Crippen molar-refractivity contribution in [3.8, 4) is 17.6 Å². The number of carbonyl (C=O) groups excluding carboxylic acids is 1. The Morgan fingerprint density at radius 2 is 1.36 bits per heavy atom. The summed E-state index contributed by atoms with van der Waals surface area (Å²) in [5.41, 5.74) is 3.26. The van der Waals surface area contributed by atoms with Gasteiger partial charge in [0.15, 0.2) is 0 Å². The third-order valence-electron chi connectivity index (χ3n) is 3.57. The van der Waals surface area contributed by atoms with Gasteiger partial charge in [0, 0.05) is 16.7 Å². The standard InChI is InChI=1S/C22H15FO2/c23-21-11-7-20(8-12-21)16-25-22-13-9-18(10-14-22)2-1-17-3-5-19(15-24)6-4-17/h3-15H,16H2. The molecule has 0 spiro atoms. The van der Waals surface area contributed by atoms with E-state index in [0.717, 1.165) is 28.7 Å². The quantitative estimate of drug-likeness (QED) is 0.515. The summed E-state index contributed by atoms with van der Waals surface area (Å²) in [6, 6.07) is 20.8. The lowest BCUT2D eigenvalue weighted by Crippen LogP contribution is -1.95. The lowest BCUT2D eigenvalue weighted by molar-refractivity contribution is 0.112. The summed E-state index contributed by atoms with van der Waals surface area (Å²) in [7, 11) is 0. The van der Waals surface area contributed by atoms with Crippen LogP contribution in [-0.4, -0.2) is 6.29 Å². The molecular weight excluding hydrogens is 315 g/mol. The predicted molar refractivity (Wildman–Crippen MR) is 95.0 cm³/mol. The van der Waals surface area contributed by atoms with Gasteiger partial charge in [-0.2, -0.15) is 0 Å². The highest BCUT2D eigenvalue weighted by Gasteiger charge is 1.97. The molecule has 0 fully saturated rings. The molecule has 0 N–H and O–H groups in total. The van der Waals surface area contributed by atoms with Gasteiger partial charge in [-0.25, -0.2) is 4.39 Å². The third-order valence-corrected chi connectivity index (χ3v) is 3.57. The topological polar surface area (TPSA) is 26.3 Å². The third kappa shape index (κ3) is 4.79. The van der Waals surface area contributed by atoms with E-state index in [9.17, 15) is 9.18 Å². The molecule has 0 amide bonds. The largest absolute Gasteiger partial charge is 0.489 e. The summed E-state index contributed by atoms with van der Waals surface area (Å²) in [6.45, 7) is 0.383. The zero-order chi connectivity index (χ0) is 17.5. The van der Waals surface area contributed by atoms with Gasteiger partial charge >= 0.3 is 0 Å². The van der Waals surface area contributed by atoms with E-state index in [1.807, 2.05) is 36.4 Å². The maximum atomic E-state index is 12.9. The van der Waals surface area contributed by atoms with E-state index in [1.165, 1.54) is 12.1 Å². The number of rotatable bonds is 4. The van der Waals surface area contributed by atoms with Crippen LogP contribution in [0.4, 0.5) is 4.39 Å². The lowest BCUT2D eigenvalue weighted by atomic mass is 10.1. The van der Waals surface area contributed by atoms with Crippen LogP contribution in [0.3, 0.4) is 0 Å². The number of ether oxygens (including phenoxy) is 1. The number of hydrogen-bond donors (Lipinski definition) is 0. The van der Waals surface area contributed by atoms with E-state index in [2.05, 4.69) is 11.8 Å². The molecule has 0 bridgehead atoms. The summed E-state index contributed by atoms with van der Waals surface area (Å²) in [5, 5.41) is 0. The second-order valence-corrected chi connectivity index (χ2v) is 5.43. The normalized spacial score (nSPS) is 9.80. The van der Waals surface area contributed by atoms with E-state index in [0.29, 0.717) is 12.2 Å².